The van der Waals surface area contributed by atoms with Crippen molar-refractivity contribution >= 4 is 17.5 Å². The zero-order chi connectivity index (χ0) is 17.3. The standard InChI is InChI=1S/C18H21N3O3/c1-10(2)16-15(11(3)21-24-16)18(23)20-13-6-4-12(5-7-13)17(22)19-14-8-9-14/h4-7,10,14H,8-9H2,1-3H3,(H,19,22)(H,20,23). The van der Waals surface area contributed by atoms with Crippen LogP contribution < -0.4 is 10.6 Å². The van der Waals surface area contributed by atoms with Gasteiger partial charge in [-0.1, -0.05) is 19.0 Å². The molecule has 2 aromatic rings. The first kappa shape index (κ1) is 16.2. The molecule has 1 aliphatic rings. The van der Waals surface area contributed by atoms with E-state index in [4.69, 9.17) is 4.52 Å². The van der Waals surface area contributed by atoms with E-state index in [1.54, 1.807) is 31.2 Å². The van der Waals surface area contributed by atoms with Gasteiger partial charge in [0.15, 0.2) is 5.76 Å². The van der Waals surface area contributed by atoms with Crippen LogP contribution in [0.4, 0.5) is 5.69 Å². The van der Waals surface area contributed by atoms with Crippen LogP contribution in [0, 0.1) is 6.92 Å². The van der Waals surface area contributed by atoms with Crippen LogP contribution in [0.3, 0.4) is 0 Å². The van der Waals surface area contributed by atoms with Gasteiger partial charge in [0.25, 0.3) is 11.8 Å². The number of nitrogens with one attached hydrogen (secondary N) is 2. The van der Waals surface area contributed by atoms with Crippen LogP contribution in [0.25, 0.3) is 0 Å². The third-order valence-corrected chi connectivity index (χ3v) is 3.96. The van der Waals surface area contributed by atoms with Crippen LogP contribution in [0.1, 0.15) is 64.8 Å². The molecule has 0 bridgehead atoms. The van der Waals surface area contributed by atoms with Crippen molar-refractivity contribution in [3.63, 3.8) is 0 Å². The van der Waals surface area contributed by atoms with E-state index in [-0.39, 0.29) is 17.7 Å². The summed E-state index contributed by atoms with van der Waals surface area (Å²) in [6, 6.07) is 7.17. The summed E-state index contributed by atoms with van der Waals surface area (Å²) in [6.07, 6.45) is 2.10. The largest absolute Gasteiger partial charge is 0.360 e. The number of nitrogens with zero attached hydrogens (tertiary/aromatic N) is 1. The Morgan fingerprint density at radius 1 is 1.17 bits per heavy atom. The number of amides is 2. The van der Waals surface area contributed by atoms with Gasteiger partial charge in [0.2, 0.25) is 0 Å². The van der Waals surface area contributed by atoms with E-state index in [0.29, 0.717) is 34.3 Å². The van der Waals surface area contributed by atoms with E-state index in [2.05, 4.69) is 15.8 Å². The van der Waals surface area contributed by atoms with Gasteiger partial charge in [-0.25, -0.2) is 0 Å². The molecule has 6 nitrogen and oxygen atoms in total. The summed E-state index contributed by atoms with van der Waals surface area (Å²) < 4.78 is 5.25. The molecule has 0 saturated heterocycles. The minimum Gasteiger partial charge on any atom is -0.360 e. The molecule has 24 heavy (non-hydrogen) atoms. The van der Waals surface area contributed by atoms with Crippen molar-refractivity contribution in [2.24, 2.45) is 0 Å². The number of carbonyl (C=O) groups excluding carboxylic acids is 2. The predicted octanol–water partition coefficient (Wildman–Crippen LogP) is 3.25. The molecule has 0 atom stereocenters. The molecule has 1 aromatic carbocycles. The fraction of sp³-hybridized carbons (Fsp3) is 0.389. The lowest BCUT2D eigenvalue weighted by molar-refractivity contribution is 0.0950. The quantitative estimate of drug-likeness (QED) is 0.883. The summed E-state index contributed by atoms with van der Waals surface area (Å²) in [7, 11) is 0. The molecule has 126 valence electrons. The summed E-state index contributed by atoms with van der Waals surface area (Å²) in [4.78, 5) is 24.5. The van der Waals surface area contributed by atoms with Crippen molar-refractivity contribution in [3.8, 4) is 0 Å². The number of carbonyl (C=O) groups is 2. The maximum Gasteiger partial charge on any atom is 0.261 e. The molecule has 2 amide bonds. The number of hydrogen-bond acceptors (Lipinski definition) is 4. The summed E-state index contributed by atoms with van der Waals surface area (Å²) in [5.41, 5.74) is 2.25. The third kappa shape index (κ3) is 3.48. The highest BCUT2D eigenvalue weighted by Crippen LogP contribution is 2.24. The topological polar surface area (TPSA) is 84.2 Å². The zero-order valence-corrected chi connectivity index (χ0v) is 14.1. The molecule has 0 unspecified atom stereocenters. The normalized spacial score (nSPS) is 13.8. The van der Waals surface area contributed by atoms with Gasteiger partial charge in [-0.05, 0) is 44.0 Å². The minimum atomic E-state index is -0.257. The molecule has 1 aliphatic carbocycles. The van der Waals surface area contributed by atoms with Crippen molar-refractivity contribution in [1.29, 1.82) is 0 Å². The predicted molar refractivity (Wildman–Crippen MR) is 90.2 cm³/mol. The number of anilines is 1. The summed E-state index contributed by atoms with van der Waals surface area (Å²) in [5.74, 6) is 0.311. The zero-order valence-electron chi connectivity index (χ0n) is 14.1. The lowest BCUT2D eigenvalue weighted by atomic mass is 10.0. The highest BCUT2D eigenvalue weighted by Gasteiger charge is 2.24. The van der Waals surface area contributed by atoms with Gasteiger partial charge in [0, 0.05) is 23.2 Å². The second-order valence-electron chi connectivity index (χ2n) is 6.44. The first-order valence-electron chi connectivity index (χ1n) is 8.14. The van der Waals surface area contributed by atoms with Gasteiger partial charge in [0.05, 0.1) is 5.69 Å². The lowest BCUT2D eigenvalue weighted by Gasteiger charge is -2.08. The average molecular weight is 327 g/mol. The summed E-state index contributed by atoms with van der Waals surface area (Å²) in [6.45, 7) is 5.64. The van der Waals surface area contributed by atoms with Gasteiger partial charge in [-0.15, -0.1) is 0 Å². The van der Waals surface area contributed by atoms with Gasteiger partial charge >= 0.3 is 0 Å². The molecule has 2 N–H and O–H groups in total. The van der Waals surface area contributed by atoms with Crippen LogP contribution in [0.2, 0.25) is 0 Å². The number of benzene rings is 1. The van der Waals surface area contributed by atoms with Crippen molar-refractivity contribution in [2.75, 3.05) is 5.32 Å². The van der Waals surface area contributed by atoms with Crippen LogP contribution in [-0.4, -0.2) is 23.0 Å². The van der Waals surface area contributed by atoms with Crippen LogP contribution >= 0.6 is 0 Å². The number of aryl methyl sites for hydroxylation is 1. The molecular formula is C18H21N3O3. The first-order chi connectivity index (χ1) is 11.5. The van der Waals surface area contributed by atoms with E-state index >= 15 is 0 Å². The molecule has 1 aromatic heterocycles. The molecular weight excluding hydrogens is 306 g/mol. The Labute approximate surface area is 140 Å². The maximum absolute atomic E-state index is 12.5. The Morgan fingerprint density at radius 2 is 1.83 bits per heavy atom. The van der Waals surface area contributed by atoms with Crippen molar-refractivity contribution < 1.29 is 14.1 Å². The smallest absolute Gasteiger partial charge is 0.261 e. The molecule has 1 fully saturated rings. The number of hydrogen-bond donors (Lipinski definition) is 2. The SMILES string of the molecule is Cc1noc(C(C)C)c1C(=O)Nc1ccc(C(=O)NC2CC2)cc1. The highest BCUT2D eigenvalue weighted by atomic mass is 16.5. The van der Waals surface area contributed by atoms with E-state index in [1.165, 1.54) is 0 Å². The number of aromatic nitrogens is 1. The van der Waals surface area contributed by atoms with Crippen LogP contribution in [0.5, 0.6) is 0 Å². The summed E-state index contributed by atoms with van der Waals surface area (Å²) >= 11 is 0. The Morgan fingerprint density at radius 3 is 2.42 bits per heavy atom. The van der Waals surface area contributed by atoms with Crippen molar-refractivity contribution in [2.45, 2.75) is 45.6 Å². The van der Waals surface area contributed by atoms with Gasteiger partial charge < -0.3 is 15.2 Å². The fourth-order valence-corrected chi connectivity index (χ4v) is 2.45. The van der Waals surface area contributed by atoms with Crippen molar-refractivity contribution in [1.82, 2.24) is 10.5 Å². The van der Waals surface area contributed by atoms with E-state index in [0.717, 1.165) is 12.8 Å². The monoisotopic (exact) mass is 327 g/mol. The fourth-order valence-electron chi connectivity index (χ4n) is 2.45. The molecule has 6 heteroatoms. The molecule has 3 rings (SSSR count). The molecule has 0 spiro atoms. The van der Waals surface area contributed by atoms with Gasteiger partial charge in [-0.2, -0.15) is 0 Å². The second kappa shape index (κ2) is 6.47. The van der Waals surface area contributed by atoms with Crippen molar-refractivity contribution in [3.05, 3.63) is 46.8 Å². The molecule has 1 saturated carbocycles. The highest BCUT2D eigenvalue weighted by molar-refractivity contribution is 6.06. The first-order valence-corrected chi connectivity index (χ1v) is 8.14. The molecule has 1 heterocycles. The Bertz CT molecular complexity index is 758. The summed E-state index contributed by atoms with van der Waals surface area (Å²) in [5, 5.41) is 9.64. The van der Waals surface area contributed by atoms with Gasteiger partial charge in [-0.3, -0.25) is 9.59 Å². The van der Waals surface area contributed by atoms with E-state index in [1.807, 2.05) is 13.8 Å². The Balaban J connectivity index is 1.70. The third-order valence-electron chi connectivity index (χ3n) is 3.96. The maximum atomic E-state index is 12.5. The molecule has 0 aliphatic heterocycles. The molecule has 0 radical (unpaired) electrons. The minimum absolute atomic E-state index is 0.0699. The average Bonchev–Trinajstić information content (AvgIpc) is 3.26. The van der Waals surface area contributed by atoms with Crippen LogP contribution in [-0.2, 0) is 0 Å². The second-order valence-corrected chi connectivity index (χ2v) is 6.44. The Hall–Kier alpha value is -2.63. The van der Waals surface area contributed by atoms with E-state index in [9.17, 15) is 9.59 Å². The van der Waals surface area contributed by atoms with Gasteiger partial charge in [0.1, 0.15) is 5.56 Å². The number of rotatable bonds is 5. The Kier molecular flexibility index (Phi) is 4.38. The lowest BCUT2D eigenvalue weighted by Crippen LogP contribution is -2.25. The van der Waals surface area contributed by atoms with Crippen LogP contribution in [0.15, 0.2) is 28.8 Å². The van der Waals surface area contributed by atoms with E-state index < -0.39 is 0 Å².